The predicted molar refractivity (Wildman–Crippen MR) is 66.9 cm³/mol. The minimum atomic E-state index is -1.48. The van der Waals surface area contributed by atoms with Crippen LogP contribution in [0.1, 0.15) is 5.56 Å². The fourth-order valence-corrected chi connectivity index (χ4v) is 1.96. The van der Waals surface area contributed by atoms with Gasteiger partial charge < -0.3 is 4.90 Å². The van der Waals surface area contributed by atoms with Crippen LogP contribution in [0, 0.1) is 23.5 Å². The minimum Gasteiger partial charge on any atom is -0.378 e. The molecule has 1 radical (unpaired) electrons. The van der Waals surface area contributed by atoms with Crippen molar-refractivity contribution in [2.24, 2.45) is 0 Å². The molecule has 1 aromatic rings. The smallest absolute Gasteiger partial charge is 0.192 e. The van der Waals surface area contributed by atoms with Gasteiger partial charge in [0.15, 0.2) is 17.5 Å². The van der Waals surface area contributed by atoms with Crippen molar-refractivity contribution in [2.45, 2.75) is 0 Å². The standard InChI is InChI=1S/C13H8BrF3N.Y/c1-7-9(14)3-4-12(18(7)2)8-5-10(15)13(17)11(16)6-8;/h3,5-6H,1H2,2H3;/q-1;. The third-order valence-corrected chi connectivity index (χ3v) is 3.30. The van der Waals surface area contributed by atoms with E-state index in [2.05, 4.69) is 28.6 Å². The van der Waals surface area contributed by atoms with E-state index in [1.54, 1.807) is 18.0 Å². The first-order valence-electron chi connectivity index (χ1n) is 4.99. The number of halogens is 4. The fourth-order valence-electron chi connectivity index (χ4n) is 1.58. The van der Waals surface area contributed by atoms with Gasteiger partial charge >= 0.3 is 0 Å². The molecule has 0 atom stereocenters. The maximum absolute atomic E-state index is 13.2. The van der Waals surface area contributed by atoms with Crippen LogP contribution in [0.4, 0.5) is 13.2 Å². The summed E-state index contributed by atoms with van der Waals surface area (Å²) in [7, 11) is 1.68. The number of likely N-dealkylation sites (N-methyl/N-ethyl adjacent to an activating group) is 1. The van der Waals surface area contributed by atoms with Crippen LogP contribution in [0.3, 0.4) is 0 Å². The van der Waals surface area contributed by atoms with Gasteiger partial charge in [-0.05, 0) is 5.70 Å². The van der Waals surface area contributed by atoms with Crippen molar-refractivity contribution in [2.75, 3.05) is 7.05 Å². The molecule has 0 aromatic heterocycles. The Morgan fingerprint density at radius 3 is 2.26 bits per heavy atom. The third kappa shape index (κ3) is 3.20. The van der Waals surface area contributed by atoms with Crippen LogP contribution in [0.5, 0.6) is 0 Å². The number of benzene rings is 1. The van der Waals surface area contributed by atoms with Gasteiger partial charge in [-0.25, -0.2) is 13.2 Å². The van der Waals surface area contributed by atoms with Crippen molar-refractivity contribution in [3.8, 4) is 0 Å². The molecule has 0 N–H and O–H groups in total. The fraction of sp³-hybridized carbons (Fsp3) is 0.0769. The van der Waals surface area contributed by atoms with Gasteiger partial charge in [-0.15, -0.1) is 15.9 Å². The van der Waals surface area contributed by atoms with Gasteiger partial charge in [-0.3, -0.25) is 0 Å². The second-order valence-corrected chi connectivity index (χ2v) is 4.60. The summed E-state index contributed by atoms with van der Waals surface area (Å²) in [6.45, 7) is 3.80. The summed E-state index contributed by atoms with van der Waals surface area (Å²) in [6, 6.07) is 1.86. The average Bonchev–Trinajstić information content (AvgIpc) is 2.33. The molecule has 1 aliphatic heterocycles. The summed E-state index contributed by atoms with van der Waals surface area (Å²) in [5.74, 6) is -3.94. The Morgan fingerprint density at radius 1 is 1.21 bits per heavy atom. The summed E-state index contributed by atoms with van der Waals surface area (Å²) in [4.78, 5) is 1.61. The zero-order valence-electron chi connectivity index (χ0n) is 9.98. The monoisotopic (exact) mass is 403 g/mol. The summed E-state index contributed by atoms with van der Waals surface area (Å²) in [5.41, 5.74) is 1.24. The summed E-state index contributed by atoms with van der Waals surface area (Å²) in [5, 5.41) is 0. The first-order valence-corrected chi connectivity index (χ1v) is 5.78. The van der Waals surface area contributed by atoms with Gasteiger partial charge in [-0.2, -0.15) is 12.2 Å². The normalized spacial score (nSPS) is 14.8. The topological polar surface area (TPSA) is 3.24 Å². The Hall–Kier alpha value is -0.386. The van der Waals surface area contributed by atoms with E-state index >= 15 is 0 Å². The van der Waals surface area contributed by atoms with E-state index < -0.39 is 17.5 Å². The quantitative estimate of drug-likeness (QED) is 0.506. The van der Waals surface area contributed by atoms with Crippen LogP contribution in [0.2, 0.25) is 0 Å². The molecule has 6 heteroatoms. The molecule has 1 aromatic carbocycles. The van der Waals surface area contributed by atoms with Crippen molar-refractivity contribution in [1.82, 2.24) is 4.90 Å². The summed E-state index contributed by atoms with van der Waals surface area (Å²) >= 11 is 3.27. The van der Waals surface area contributed by atoms with Crippen molar-refractivity contribution < 1.29 is 45.9 Å². The molecule has 19 heavy (non-hydrogen) atoms. The summed E-state index contributed by atoms with van der Waals surface area (Å²) in [6.07, 6.45) is 4.45. The van der Waals surface area contributed by atoms with E-state index in [9.17, 15) is 13.2 Å². The Bertz CT molecular complexity index is 573. The van der Waals surface area contributed by atoms with Crippen LogP contribution >= 0.6 is 15.9 Å². The van der Waals surface area contributed by atoms with E-state index in [1.807, 2.05) is 0 Å². The summed E-state index contributed by atoms with van der Waals surface area (Å²) < 4.78 is 40.0. The number of hydrogen-bond donors (Lipinski definition) is 0. The van der Waals surface area contributed by atoms with Crippen molar-refractivity contribution in [1.29, 1.82) is 0 Å². The maximum atomic E-state index is 13.2. The molecule has 1 nitrogen and oxygen atoms in total. The Kier molecular flexibility index (Phi) is 5.59. The number of allylic oxidation sites excluding steroid dienone is 3. The molecular weight excluding hydrogens is 396 g/mol. The molecule has 0 spiro atoms. The second kappa shape index (κ2) is 6.38. The minimum absolute atomic E-state index is 0. The zero-order chi connectivity index (χ0) is 13.4. The number of rotatable bonds is 1. The van der Waals surface area contributed by atoms with Crippen molar-refractivity contribution in [3.05, 3.63) is 64.1 Å². The molecule has 0 unspecified atom stereocenters. The number of hydrogen-bond acceptors (Lipinski definition) is 1. The zero-order valence-corrected chi connectivity index (χ0v) is 14.4. The van der Waals surface area contributed by atoms with Gasteiger partial charge in [-0.1, -0.05) is 34.5 Å². The molecule has 1 heterocycles. The molecule has 0 amide bonds. The molecule has 97 valence electrons. The molecular formula is C13H8BrF3NY-. The molecule has 0 saturated carbocycles. The van der Waals surface area contributed by atoms with Crippen LogP contribution in [0.15, 0.2) is 35.0 Å². The molecule has 1 aliphatic rings. The maximum Gasteiger partial charge on any atom is 0.192 e. The van der Waals surface area contributed by atoms with Gasteiger partial charge in [0.25, 0.3) is 0 Å². The van der Waals surface area contributed by atoms with E-state index in [1.165, 1.54) is 0 Å². The largest absolute Gasteiger partial charge is 0.378 e. The van der Waals surface area contributed by atoms with Gasteiger partial charge in [0.1, 0.15) is 0 Å². The SMILES string of the molecule is C=C1C(Br)=C[C-]=C(c2cc(F)c(F)c(F)c2)N1C.[Y]. The van der Waals surface area contributed by atoms with E-state index in [0.29, 0.717) is 11.4 Å². The van der Waals surface area contributed by atoms with E-state index in [4.69, 9.17) is 0 Å². The molecule has 0 aliphatic carbocycles. The van der Waals surface area contributed by atoms with Crippen molar-refractivity contribution in [3.63, 3.8) is 0 Å². The number of nitrogens with zero attached hydrogens (tertiary/aromatic N) is 1. The van der Waals surface area contributed by atoms with Crippen LogP contribution in [0.25, 0.3) is 5.70 Å². The van der Waals surface area contributed by atoms with E-state index in [-0.39, 0.29) is 38.3 Å². The third-order valence-electron chi connectivity index (χ3n) is 2.61. The Morgan fingerprint density at radius 2 is 1.74 bits per heavy atom. The van der Waals surface area contributed by atoms with Crippen LogP contribution < -0.4 is 0 Å². The predicted octanol–water partition coefficient (Wildman–Crippen LogP) is 3.98. The van der Waals surface area contributed by atoms with Gasteiger partial charge in [0.05, 0.1) is 0 Å². The van der Waals surface area contributed by atoms with Crippen LogP contribution in [-0.2, 0) is 32.7 Å². The first-order chi connectivity index (χ1) is 8.41. The molecule has 2 rings (SSSR count). The molecule has 0 bridgehead atoms. The van der Waals surface area contributed by atoms with Crippen molar-refractivity contribution >= 4 is 21.6 Å². The Balaban J connectivity index is 0.00000180. The second-order valence-electron chi connectivity index (χ2n) is 3.74. The average molecular weight is 404 g/mol. The van der Waals surface area contributed by atoms with Gasteiger partial charge in [0.2, 0.25) is 0 Å². The molecule has 0 saturated heterocycles. The first kappa shape index (κ1) is 16.7. The Labute approximate surface area is 142 Å². The molecule has 0 fully saturated rings. The van der Waals surface area contributed by atoms with E-state index in [0.717, 1.165) is 16.6 Å². The van der Waals surface area contributed by atoms with Gasteiger partial charge in [0, 0.05) is 39.8 Å². The van der Waals surface area contributed by atoms with Crippen LogP contribution in [-0.4, -0.2) is 11.9 Å².